The number of carbonyl (C=O) groups is 3. The first kappa shape index (κ1) is 15.0. The number of aliphatic carboxylic acids is 2. The highest BCUT2D eigenvalue weighted by atomic mass is 35.5. The standard InChI is InChI=1S/C11H12ClNO6/c12-9-6(4-5-19-9)10(16)13-7(11(17)18)2-1-3-8(14)15/h4-5,7H,1-3H2,(H,13,16)(H,14,15)(H,17,18)/t7-/m1/s1. The molecule has 0 radical (unpaired) electrons. The number of nitrogens with one attached hydrogen (secondary N) is 1. The maximum Gasteiger partial charge on any atom is 0.326 e. The van der Waals surface area contributed by atoms with E-state index in [1.807, 2.05) is 0 Å². The molecule has 0 bridgehead atoms. The lowest BCUT2D eigenvalue weighted by molar-refractivity contribution is -0.140. The molecule has 1 aromatic rings. The first-order chi connectivity index (χ1) is 8.91. The number of hydrogen-bond acceptors (Lipinski definition) is 4. The van der Waals surface area contributed by atoms with E-state index in [1.54, 1.807) is 0 Å². The van der Waals surface area contributed by atoms with E-state index in [1.165, 1.54) is 12.3 Å². The van der Waals surface area contributed by atoms with E-state index < -0.39 is 23.9 Å². The molecule has 1 atom stereocenters. The van der Waals surface area contributed by atoms with Gasteiger partial charge in [-0.25, -0.2) is 4.79 Å². The summed E-state index contributed by atoms with van der Waals surface area (Å²) >= 11 is 5.59. The molecule has 0 spiro atoms. The maximum atomic E-state index is 11.7. The molecule has 0 aliphatic rings. The van der Waals surface area contributed by atoms with Crippen molar-refractivity contribution in [1.82, 2.24) is 5.32 Å². The van der Waals surface area contributed by atoms with Crippen LogP contribution in [-0.2, 0) is 9.59 Å². The van der Waals surface area contributed by atoms with Crippen LogP contribution in [0.1, 0.15) is 29.6 Å². The summed E-state index contributed by atoms with van der Waals surface area (Å²) in [5.41, 5.74) is 0.0335. The van der Waals surface area contributed by atoms with Crippen molar-refractivity contribution in [3.63, 3.8) is 0 Å². The Morgan fingerprint density at radius 2 is 2.05 bits per heavy atom. The van der Waals surface area contributed by atoms with Crippen molar-refractivity contribution in [3.8, 4) is 0 Å². The molecule has 8 heteroatoms. The quantitative estimate of drug-likeness (QED) is 0.698. The highest BCUT2D eigenvalue weighted by Gasteiger charge is 2.22. The number of rotatable bonds is 7. The molecule has 0 aromatic carbocycles. The van der Waals surface area contributed by atoms with E-state index in [2.05, 4.69) is 5.32 Å². The summed E-state index contributed by atoms with van der Waals surface area (Å²) in [6.07, 6.45) is 1.21. The molecule has 0 unspecified atom stereocenters. The summed E-state index contributed by atoms with van der Waals surface area (Å²) in [6, 6.07) is 0.145. The minimum atomic E-state index is -1.24. The Labute approximate surface area is 113 Å². The third-order valence-corrected chi connectivity index (χ3v) is 2.64. The van der Waals surface area contributed by atoms with Gasteiger partial charge in [-0.05, 0) is 30.5 Å². The predicted molar refractivity (Wildman–Crippen MR) is 64.1 cm³/mol. The highest BCUT2D eigenvalue weighted by Crippen LogP contribution is 2.16. The van der Waals surface area contributed by atoms with Crippen LogP contribution < -0.4 is 5.32 Å². The second kappa shape index (κ2) is 6.79. The van der Waals surface area contributed by atoms with E-state index in [4.69, 9.17) is 26.2 Å². The van der Waals surface area contributed by atoms with Gasteiger partial charge in [0.1, 0.15) is 6.04 Å². The summed E-state index contributed by atoms with van der Waals surface area (Å²) < 4.78 is 4.72. The van der Waals surface area contributed by atoms with Gasteiger partial charge in [-0.1, -0.05) is 0 Å². The molecule has 1 aromatic heterocycles. The summed E-state index contributed by atoms with van der Waals surface area (Å²) in [5, 5.41) is 19.5. The highest BCUT2D eigenvalue weighted by molar-refractivity contribution is 6.32. The third-order valence-electron chi connectivity index (χ3n) is 2.35. The van der Waals surface area contributed by atoms with Gasteiger partial charge < -0.3 is 19.9 Å². The molecule has 0 fully saturated rings. The molecule has 7 nitrogen and oxygen atoms in total. The number of amides is 1. The first-order valence-corrected chi connectivity index (χ1v) is 5.78. The van der Waals surface area contributed by atoms with Crippen molar-refractivity contribution in [3.05, 3.63) is 23.1 Å². The summed E-state index contributed by atoms with van der Waals surface area (Å²) in [4.78, 5) is 33.0. The van der Waals surface area contributed by atoms with Crippen LogP contribution in [-0.4, -0.2) is 34.1 Å². The van der Waals surface area contributed by atoms with Crippen LogP contribution in [0.3, 0.4) is 0 Å². The van der Waals surface area contributed by atoms with Gasteiger partial charge in [-0.2, -0.15) is 0 Å². The molecular formula is C11H12ClNO6. The van der Waals surface area contributed by atoms with E-state index in [9.17, 15) is 14.4 Å². The molecule has 0 aliphatic carbocycles. The van der Waals surface area contributed by atoms with Crippen LogP contribution in [0.15, 0.2) is 16.7 Å². The van der Waals surface area contributed by atoms with Crippen LogP contribution in [0.2, 0.25) is 5.22 Å². The number of carboxylic acid groups (broad SMARTS) is 2. The van der Waals surface area contributed by atoms with E-state index in [0.29, 0.717) is 0 Å². The van der Waals surface area contributed by atoms with Crippen molar-refractivity contribution < 1.29 is 29.0 Å². The van der Waals surface area contributed by atoms with Gasteiger partial charge in [0.05, 0.1) is 11.8 Å². The van der Waals surface area contributed by atoms with E-state index in [0.717, 1.165) is 0 Å². The molecule has 19 heavy (non-hydrogen) atoms. The van der Waals surface area contributed by atoms with Gasteiger partial charge in [-0.3, -0.25) is 9.59 Å². The average molecular weight is 290 g/mol. The van der Waals surface area contributed by atoms with Crippen molar-refractivity contribution in [1.29, 1.82) is 0 Å². The van der Waals surface area contributed by atoms with Gasteiger partial charge in [0.25, 0.3) is 5.91 Å². The van der Waals surface area contributed by atoms with Gasteiger partial charge in [0, 0.05) is 6.42 Å². The number of halogens is 1. The first-order valence-electron chi connectivity index (χ1n) is 5.40. The molecule has 0 saturated heterocycles. The summed E-state index contributed by atoms with van der Waals surface area (Å²) in [6.45, 7) is 0. The van der Waals surface area contributed by atoms with Gasteiger partial charge in [-0.15, -0.1) is 0 Å². The Morgan fingerprint density at radius 1 is 1.37 bits per heavy atom. The normalized spacial score (nSPS) is 11.8. The molecule has 1 rings (SSSR count). The minimum absolute atomic E-state index is 0.0167. The molecule has 0 aliphatic heterocycles. The van der Waals surface area contributed by atoms with Crippen LogP contribution in [0.5, 0.6) is 0 Å². The number of carboxylic acids is 2. The fourth-order valence-electron chi connectivity index (χ4n) is 1.41. The van der Waals surface area contributed by atoms with E-state index >= 15 is 0 Å². The second-order valence-electron chi connectivity index (χ2n) is 3.76. The lowest BCUT2D eigenvalue weighted by Gasteiger charge is -2.13. The fraction of sp³-hybridized carbons (Fsp3) is 0.364. The SMILES string of the molecule is O=C(O)CCC[C@@H](NC(=O)c1ccoc1Cl)C(=O)O. The van der Waals surface area contributed by atoms with Crippen molar-refractivity contribution >= 4 is 29.4 Å². The third kappa shape index (κ3) is 4.63. The molecule has 3 N–H and O–H groups in total. The lowest BCUT2D eigenvalue weighted by Crippen LogP contribution is -2.40. The van der Waals surface area contributed by atoms with Crippen molar-refractivity contribution in [2.24, 2.45) is 0 Å². The zero-order valence-corrected chi connectivity index (χ0v) is 10.5. The van der Waals surface area contributed by atoms with E-state index in [-0.39, 0.29) is 30.0 Å². The van der Waals surface area contributed by atoms with Crippen LogP contribution in [0, 0.1) is 0 Å². The Hall–Kier alpha value is -2.02. The number of hydrogen-bond donors (Lipinski definition) is 3. The fourth-order valence-corrected chi connectivity index (χ4v) is 1.61. The lowest BCUT2D eigenvalue weighted by atomic mass is 10.1. The Kier molecular flexibility index (Phi) is 5.37. The molecule has 104 valence electrons. The number of carbonyl (C=O) groups excluding carboxylic acids is 1. The van der Waals surface area contributed by atoms with Crippen LogP contribution in [0.25, 0.3) is 0 Å². The van der Waals surface area contributed by atoms with Crippen LogP contribution >= 0.6 is 11.6 Å². The zero-order valence-electron chi connectivity index (χ0n) is 9.76. The minimum Gasteiger partial charge on any atom is -0.481 e. The summed E-state index contributed by atoms with van der Waals surface area (Å²) in [5.74, 6) is -2.94. The second-order valence-corrected chi connectivity index (χ2v) is 4.10. The molecular weight excluding hydrogens is 278 g/mol. The largest absolute Gasteiger partial charge is 0.481 e. The monoisotopic (exact) mass is 289 g/mol. The average Bonchev–Trinajstić information content (AvgIpc) is 2.73. The molecule has 1 heterocycles. The van der Waals surface area contributed by atoms with Crippen LogP contribution in [0.4, 0.5) is 0 Å². The molecule has 0 saturated carbocycles. The Balaban J connectivity index is 2.59. The van der Waals surface area contributed by atoms with Gasteiger partial charge in [0.15, 0.2) is 0 Å². The van der Waals surface area contributed by atoms with Gasteiger partial charge in [0.2, 0.25) is 5.22 Å². The van der Waals surface area contributed by atoms with Gasteiger partial charge >= 0.3 is 11.9 Å². The Bertz CT molecular complexity index is 483. The Morgan fingerprint density at radius 3 is 2.53 bits per heavy atom. The zero-order chi connectivity index (χ0) is 14.4. The summed E-state index contributed by atoms with van der Waals surface area (Å²) in [7, 11) is 0. The molecule has 1 amide bonds. The maximum absolute atomic E-state index is 11.7. The predicted octanol–water partition coefficient (Wildman–Crippen LogP) is 1.37. The van der Waals surface area contributed by atoms with Crippen molar-refractivity contribution in [2.75, 3.05) is 0 Å². The topological polar surface area (TPSA) is 117 Å². The van der Waals surface area contributed by atoms with Crippen molar-refractivity contribution in [2.45, 2.75) is 25.3 Å². The number of furan rings is 1. The smallest absolute Gasteiger partial charge is 0.326 e.